The van der Waals surface area contributed by atoms with Crippen molar-refractivity contribution in [3.63, 3.8) is 0 Å². The van der Waals surface area contributed by atoms with Gasteiger partial charge in [0.2, 0.25) is 0 Å². The Morgan fingerprint density at radius 3 is 2.27 bits per heavy atom. The Bertz CT molecular complexity index is 1450. The van der Waals surface area contributed by atoms with Crippen molar-refractivity contribution in [2.24, 2.45) is 0 Å². The third-order valence-electron chi connectivity index (χ3n) is 6.16. The van der Waals surface area contributed by atoms with Crippen LogP contribution in [0.4, 0.5) is 11.4 Å². The highest BCUT2D eigenvalue weighted by atomic mass is 35.5. The number of furan rings is 1. The molecule has 0 bridgehead atoms. The van der Waals surface area contributed by atoms with Gasteiger partial charge in [-0.15, -0.1) is 0 Å². The first-order valence-corrected chi connectivity index (χ1v) is 12.8. The Morgan fingerprint density at radius 2 is 1.54 bits per heavy atom. The molecule has 0 radical (unpaired) electrons. The summed E-state index contributed by atoms with van der Waals surface area (Å²) in [5, 5.41) is 4.30. The van der Waals surface area contributed by atoms with Crippen LogP contribution in [0.3, 0.4) is 0 Å². The highest BCUT2D eigenvalue weighted by Gasteiger charge is 2.23. The number of nitrogens with one attached hydrogen (secondary N) is 1. The number of carbonyl (C=O) groups is 2. The average Bonchev–Trinajstić information content (AvgIpc) is 3.41. The van der Waals surface area contributed by atoms with Crippen LogP contribution in [0.2, 0.25) is 15.1 Å². The maximum atomic E-state index is 12.8. The molecule has 5 rings (SSSR count). The Balaban J connectivity index is 1.22. The van der Waals surface area contributed by atoms with Crippen LogP contribution >= 0.6 is 34.8 Å². The molecule has 1 N–H and O–H groups in total. The van der Waals surface area contributed by atoms with Gasteiger partial charge in [-0.25, -0.2) is 0 Å². The van der Waals surface area contributed by atoms with E-state index >= 15 is 0 Å². The second kappa shape index (κ2) is 10.9. The topological polar surface area (TPSA) is 65.8 Å². The summed E-state index contributed by atoms with van der Waals surface area (Å²) in [7, 11) is 0. The van der Waals surface area contributed by atoms with Crippen LogP contribution in [-0.2, 0) is 0 Å². The summed E-state index contributed by atoms with van der Waals surface area (Å²) in [4.78, 5) is 29.5. The number of benzene rings is 3. The number of nitrogens with zero attached hydrogens (tertiary/aromatic N) is 2. The fourth-order valence-electron chi connectivity index (χ4n) is 4.24. The first-order chi connectivity index (χ1) is 17.9. The van der Waals surface area contributed by atoms with E-state index in [-0.39, 0.29) is 11.7 Å². The molecule has 2 heterocycles. The van der Waals surface area contributed by atoms with Gasteiger partial charge in [0.05, 0.1) is 15.7 Å². The second-order valence-corrected chi connectivity index (χ2v) is 9.80. The summed E-state index contributed by atoms with van der Waals surface area (Å²) in [6, 6.07) is 22.9. The van der Waals surface area contributed by atoms with Gasteiger partial charge in [0, 0.05) is 48.0 Å². The summed E-state index contributed by atoms with van der Waals surface area (Å²) in [6.45, 7) is 2.51. The molecule has 4 aromatic rings. The molecule has 188 valence electrons. The lowest BCUT2D eigenvalue weighted by molar-refractivity contribution is 0.0746. The number of halogens is 3. The molecule has 1 saturated heterocycles. The zero-order valence-electron chi connectivity index (χ0n) is 19.6. The minimum absolute atomic E-state index is 0.0307. The zero-order chi connectivity index (χ0) is 25.9. The molecule has 1 fully saturated rings. The third kappa shape index (κ3) is 5.62. The van der Waals surface area contributed by atoms with Gasteiger partial charge in [0.15, 0.2) is 5.76 Å². The molecule has 6 nitrogen and oxygen atoms in total. The van der Waals surface area contributed by atoms with Crippen molar-refractivity contribution in [1.82, 2.24) is 4.90 Å². The minimum atomic E-state index is -0.416. The first-order valence-electron chi connectivity index (χ1n) is 11.6. The predicted molar refractivity (Wildman–Crippen MR) is 148 cm³/mol. The van der Waals surface area contributed by atoms with E-state index in [9.17, 15) is 9.59 Å². The van der Waals surface area contributed by atoms with Crippen molar-refractivity contribution in [3.05, 3.63) is 105 Å². The maximum absolute atomic E-state index is 12.8. The molecule has 0 aliphatic carbocycles. The smallest absolute Gasteiger partial charge is 0.291 e. The van der Waals surface area contributed by atoms with Crippen molar-refractivity contribution in [3.8, 4) is 11.3 Å². The Hall–Kier alpha value is -3.45. The van der Waals surface area contributed by atoms with E-state index in [4.69, 9.17) is 39.2 Å². The molecule has 1 aromatic heterocycles. The van der Waals surface area contributed by atoms with Crippen LogP contribution in [0.5, 0.6) is 0 Å². The fourth-order valence-corrected chi connectivity index (χ4v) is 4.92. The van der Waals surface area contributed by atoms with Crippen molar-refractivity contribution in [2.45, 2.75) is 0 Å². The largest absolute Gasteiger partial charge is 0.451 e. The first kappa shape index (κ1) is 25.2. The zero-order valence-corrected chi connectivity index (χ0v) is 21.9. The Labute approximate surface area is 229 Å². The second-order valence-electron chi connectivity index (χ2n) is 8.55. The molecule has 0 saturated carbocycles. The summed E-state index contributed by atoms with van der Waals surface area (Å²) in [6.07, 6.45) is 0. The van der Waals surface area contributed by atoms with Crippen LogP contribution in [0.15, 0.2) is 83.3 Å². The summed E-state index contributed by atoms with van der Waals surface area (Å²) >= 11 is 18.9. The summed E-state index contributed by atoms with van der Waals surface area (Å²) in [5.41, 5.74) is 2.68. The van der Waals surface area contributed by atoms with E-state index in [0.717, 1.165) is 5.69 Å². The molecule has 1 aliphatic heterocycles. The molecule has 37 heavy (non-hydrogen) atoms. The van der Waals surface area contributed by atoms with E-state index in [1.165, 1.54) is 0 Å². The molecule has 0 atom stereocenters. The normalized spacial score (nSPS) is 13.5. The van der Waals surface area contributed by atoms with Gasteiger partial charge in [0.1, 0.15) is 5.76 Å². The lowest BCUT2D eigenvalue weighted by atomic mass is 10.1. The molecule has 0 unspecified atom stereocenters. The number of amides is 2. The number of piperazine rings is 1. The number of carbonyl (C=O) groups excluding carboxylic acids is 2. The van der Waals surface area contributed by atoms with E-state index < -0.39 is 5.91 Å². The highest BCUT2D eigenvalue weighted by molar-refractivity contribution is 6.35. The standard InChI is InChI=1S/C28H22Cl3N3O3/c29-19-6-8-22(30)21(16-19)25-10-11-26(37-25)27(35)32-20-7-9-24(23(31)17-20)33-12-14-34(15-13-33)28(36)18-4-2-1-3-5-18/h1-11,16-17H,12-15H2,(H,32,35). The van der Waals surface area contributed by atoms with Crippen molar-refractivity contribution < 1.29 is 14.0 Å². The van der Waals surface area contributed by atoms with E-state index in [2.05, 4.69) is 10.2 Å². The van der Waals surface area contributed by atoms with Gasteiger partial charge in [-0.2, -0.15) is 0 Å². The molecular weight excluding hydrogens is 533 g/mol. The fraction of sp³-hybridized carbons (Fsp3) is 0.143. The van der Waals surface area contributed by atoms with Gasteiger partial charge >= 0.3 is 0 Å². The van der Waals surface area contributed by atoms with Crippen LogP contribution in [0.1, 0.15) is 20.9 Å². The van der Waals surface area contributed by atoms with Crippen molar-refractivity contribution in [1.29, 1.82) is 0 Å². The maximum Gasteiger partial charge on any atom is 0.291 e. The Morgan fingerprint density at radius 1 is 0.784 bits per heavy atom. The third-order valence-corrected chi connectivity index (χ3v) is 7.02. The summed E-state index contributed by atoms with van der Waals surface area (Å²) < 4.78 is 5.72. The predicted octanol–water partition coefficient (Wildman–Crippen LogP) is 7.12. The quantitative estimate of drug-likeness (QED) is 0.285. The van der Waals surface area contributed by atoms with Crippen LogP contribution < -0.4 is 10.2 Å². The Kier molecular flexibility index (Phi) is 7.42. The van der Waals surface area contributed by atoms with Crippen LogP contribution in [0.25, 0.3) is 11.3 Å². The van der Waals surface area contributed by atoms with Gasteiger partial charge in [0.25, 0.3) is 11.8 Å². The molecule has 2 amide bonds. The van der Waals surface area contributed by atoms with Crippen molar-refractivity contribution >= 4 is 58.0 Å². The number of anilines is 2. The van der Waals surface area contributed by atoms with E-state index in [0.29, 0.717) is 63.8 Å². The monoisotopic (exact) mass is 553 g/mol. The van der Waals surface area contributed by atoms with Crippen molar-refractivity contribution in [2.75, 3.05) is 36.4 Å². The van der Waals surface area contributed by atoms with Crippen LogP contribution in [-0.4, -0.2) is 42.9 Å². The number of hydrogen-bond donors (Lipinski definition) is 1. The highest BCUT2D eigenvalue weighted by Crippen LogP contribution is 2.33. The summed E-state index contributed by atoms with van der Waals surface area (Å²) in [5.74, 6) is 0.186. The molecule has 0 spiro atoms. The van der Waals surface area contributed by atoms with Gasteiger partial charge in [-0.1, -0.05) is 53.0 Å². The number of hydrogen-bond acceptors (Lipinski definition) is 4. The van der Waals surface area contributed by atoms with E-state index in [1.807, 2.05) is 41.3 Å². The average molecular weight is 555 g/mol. The van der Waals surface area contributed by atoms with Gasteiger partial charge in [-0.3, -0.25) is 9.59 Å². The molecule has 9 heteroatoms. The SMILES string of the molecule is O=C(Nc1ccc(N2CCN(C(=O)c3ccccc3)CC2)c(Cl)c1)c1ccc(-c2cc(Cl)ccc2Cl)o1. The van der Waals surface area contributed by atoms with E-state index in [1.54, 1.807) is 42.5 Å². The van der Waals surface area contributed by atoms with Gasteiger partial charge in [-0.05, 0) is 60.7 Å². The molecular formula is C28H22Cl3N3O3. The minimum Gasteiger partial charge on any atom is -0.451 e. The number of rotatable bonds is 5. The lowest BCUT2D eigenvalue weighted by Gasteiger charge is -2.36. The van der Waals surface area contributed by atoms with Crippen LogP contribution in [0, 0.1) is 0 Å². The van der Waals surface area contributed by atoms with Gasteiger partial charge < -0.3 is 19.5 Å². The molecule has 3 aromatic carbocycles. The lowest BCUT2D eigenvalue weighted by Crippen LogP contribution is -2.48. The molecule has 1 aliphatic rings.